The second kappa shape index (κ2) is 31.2. The van der Waals surface area contributed by atoms with Gasteiger partial charge in [-0.15, -0.1) is 0 Å². The molecule has 0 heterocycles. The van der Waals surface area contributed by atoms with Gasteiger partial charge in [-0.05, 0) is 13.8 Å². The maximum atomic E-state index is 8.20. The second-order valence-corrected chi connectivity index (χ2v) is 3.17. The molecule has 0 fully saturated rings. The Labute approximate surface area is 122 Å². The first-order chi connectivity index (χ1) is 9.74. The molecule has 20 heavy (non-hydrogen) atoms. The van der Waals surface area contributed by atoms with Crippen LogP contribution in [0.25, 0.3) is 0 Å². The first kappa shape index (κ1) is 24.7. The van der Waals surface area contributed by atoms with Crippen LogP contribution in [-0.2, 0) is 18.9 Å². The Hall–Kier alpha value is -0.280. The molecule has 126 valence electrons. The van der Waals surface area contributed by atoms with Crippen LogP contribution in [0.2, 0.25) is 0 Å². The van der Waals surface area contributed by atoms with Gasteiger partial charge in [0.15, 0.2) is 0 Å². The van der Waals surface area contributed by atoms with E-state index in [9.17, 15) is 0 Å². The second-order valence-electron chi connectivity index (χ2n) is 3.17. The predicted octanol–water partition coefficient (Wildman–Crippen LogP) is -0.328. The minimum Gasteiger partial charge on any atom is -0.394 e. The summed E-state index contributed by atoms with van der Waals surface area (Å²) < 4.78 is 19.0. The van der Waals surface area contributed by atoms with Gasteiger partial charge in [-0.3, -0.25) is 0 Å². The number of aliphatic hydroxyl groups excluding tert-OH is 3. The highest BCUT2D eigenvalue weighted by atomic mass is 16.5. The van der Waals surface area contributed by atoms with Gasteiger partial charge in [-0.25, -0.2) is 0 Å². The number of hydrogen-bond donors (Lipinski definition) is 3. The Morgan fingerprint density at radius 3 is 1.25 bits per heavy atom. The summed E-state index contributed by atoms with van der Waals surface area (Å²) in [5.74, 6) is 0. The fourth-order valence-electron chi connectivity index (χ4n) is 0.744. The van der Waals surface area contributed by atoms with Crippen molar-refractivity contribution in [2.75, 3.05) is 73.2 Å². The molecule has 0 aromatic rings. The Kier molecular flexibility index (Phi) is 38.6. The van der Waals surface area contributed by atoms with Gasteiger partial charge in [0.2, 0.25) is 0 Å². The molecule has 0 aliphatic heterocycles. The van der Waals surface area contributed by atoms with Crippen molar-refractivity contribution in [3.8, 4) is 0 Å². The van der Waals surface area contributed by atoms with Crippen LogP contribution >= 0.6 is 0 Å². The Morgan fingerprint density at radius 1 is 0.600 bits per heavy atom. The van der Waals surface area contributed by atoms with Crippen LogP contribution in [0.1, 0.15) is 13.8 Å². The summed E-state index contributed by atoms with van der Waals surface area (Å²) in [6.45, 7) is 8.02. The third-order valence-corrected chi connectivity index (χ3v) is 1.55. The van der Waals surface area contributed by atoms with E-state index >= 15 is 0 Å². The van der Waals surface area contributed by atoms with E-state index in [2.05, 4.69) is 9.47 Å². The molecule has 3 N–H and O–H groups in total. The highest BCUT2D eigenvalue weighted by Crippen LogP contribution is 1.72. The molecule has 0 radical (unpaired) electrons. The van der Waals surface area contributed by atoms with Crippen molar-refractivity contribution in [2.45, 2.75) is 13.8 Å². The van der Waals surface area contributed by atoms with Crippen LogP contribution in [0.3, 0.4) is 0 Å². The number of ether oxygens (including phenoxy) is 4. The summed E-state index contributed by atoms with van der Waals surface area (Å²) in [6.07, 6.45) is 0. The van der Waals surface area contributed by atoms with E-state index in [0.29, 0.717) is 33.0 Å². The summed E-state index contributed by atoms with van der Waals surface area (Å²) >= 11 is 0. The minimum atomic E-state index is 0.0278. The summed E-state index contributed by atoms with van der Waals surface area (Å²) in [5.41, 5.74) is 0. The monoisotopic (exact) mass is 300 g/mol. The van der Waals surface area contributed by atoms with Crippen molar-refractivity contribution in [3.63, 3.8) is 0 Å². The van der Waals surface area contributed by atoms with Crippen LogP contribution in [-0.4, -0.2) is 88.5 Å². The van der Waals surface area contributed by atoms with Crippen LogP contribution in [0.4, 0.5) is 0 Å². The largest absolute Gasteiger partial charge is 0.394 e. The van der Waals surface area contributed by atoms with E-state index in [-0.39, 0.29) is 19.8 Å². The van der Waals surface area contributed by atoms with Crippen molar-refractivity contribution < 1.29 is 34.3 Å². The van der Waals surface area contributed by atoms with Gasteiger partial charge in [0.05, 0.1) is 52.9 Å². The quantitative estimate of drug-likeness (QED) is 0.450. The van der Waals surface area contributed by atoms with Crippen molar-refractivity contribution in [1.29, 1.82) is 0 Å². The van der Waals surface area contributed by atoms with Crippen LogP contribution in [0.5, 0.6) is 0 Å². The molecule has 0 saturated heterocycles. The lowest BCUT2D eigenvalue weighted by molar-refractivity contribution is 0.0500. The summed E-state index contributed by atoms with van der Waals surface area (Å²) in [6, 6.07) is 0. The molecule has 0 amide bonds. The lowest BCUT2D eigenvalue weighted by Gasteiger charge is -1.98. The summed E-state index contributed by atoms with van der Waals surface area (Å²) in [4.78, 5) is 0. The molecular formula is C13H32O7. The first-order valence-corrected chi connectivity index (χ1v) is 6.79. The van der Waals surface area contributed by atoms with E-state index < -0.39 is 0 Å². The number of rotatable bonds is 11. The maximum absolute atomic E-state index is 8.20. The molecule has 0 atom stereocenters. The molecular weight excluding hydrogens is 268 g/mol. The summed E-state index contributed by atoms with van der Waals surface area (Å²) in [5, 5.41) is 24.4. The first-order valence-electron chi connectivity index (χ1n) is 6.79. The molecule has 0 unspecified atom stereocenters. The lowest BCUT2D eigenvalue weighted by atomic mass is 10.7. The summed E-state index contributed by atoms with van der Waals surface area (Å²) in [7, 11) is 1.61. The average molecular weight is 300 g/mol. The van der Waals surface area contributed by atoms with Crippen molar-refractivity contribution in [1.82, 2.24) is 0 Å². The molecule has 0 saturated carbocycles. The average Bonchev–Trinajstić information content (AvgIpc) is 2.47. The van der Waals surface area contributed by atoms with Gasteiger partial charge in [-0.2, -0.15) is 0 Å². The third kappa shape index (κ3) is 43.1. The topological polar surface area (TPSA) is 97.6 Å². The third-order valence-electron chi connectivity index (χ3n) is 1.55. The maximum Gasteiger partial charge on any atom is 0.0701 e. The van der Waals surface area contributed by atoms with E-state index in [0.717, 1.165) is 13.2 Å². The Morgan fingerprint density at radius 2 is 1.00 bits per heavy atom. The van der Waals surface area contributed by atoms with Crippen molar-refractivity contribution in [3.05, 3.63) is 0 Å². The molecule has 0 aromatic carbocycles. The Balaban J connectivity index is -0.000000223. The molecule has 0 aliphatic carbocycles. The molecule has 0 rings (SSSR count). The number of methoxy groups -OCH3 is 1. The number of hydrogen-bond acceptors (Lipinski definition) is 7. The predicted molar refractivity (Wildman–Crippen MR) is 76.9 cm³/mol. The smallest absolute Gasteiger partial charge is 0.0701 e. The molecule has 7 heteroatoms. The van der Waals surface area contributed by atoms with Gasteiger partial charge >= 0.3 is 0 Å². The molecule has 7 nitrogen and oxygen atoms in total. The minimum absolute atomic E-state index is 0.0278. The fourth-order valence-corrected chi connectivity index (χ4v) is 0.744. The standard InChI is InChI=1S/C5H12O3.C4H10O3.C4H10O/c1-7-4-5-8-3-2-6;5-1-3-7-4-2-6;1-3-5-4-2/h6H,2-5H2,1H3;5-6H,1-4H2;3-4H2,1-2H3. The zero-order valence-electron chi connectivity index (χ0n) is 13.0. The van der Waals surface area contributed by atoms with E-state index in [1.807, 2.05) is 13.8 Å². The van der Waals surface area contributed by atoms with Crippen LogP contribution in [0, 0.1) is 0 Å². The number of aliphatic hydroxyl groups is 3. The van der Waals surface area contributed by atoms with Gasteiger partial charge < -0.3 is 34.3 Å². The zero-order chi connectivity index (χ0) is 15.9. The molecule has 0 aliphatic rings. The molecule has 0 bridgehead atoms. The van der Waals surface area contributed by atoms with Crippen molar-refractivity contribution >= 4 is 0 Å². The van der Waals surface area contributed by atoms with E-state index in [4.69, 9.17) is 24.8 Å². The van der Waals surface area contributed by atoms with Gasteiger partial charge in [0.1, 0.15) is 0 Å². The normalized spacial score (nSPS) is 9.30. The SMILES string of the molecule is CCOCC.COCCOCCO.OCCOCCO. The van der Waals surface area contributed by atoms with Gasteiger partial charge in [0, 0.05) is 20.3 Å². The van der Waals surface area contributed by atoms with E-state index in [1.54, 1.807) is 7.11 Å². The molecule has 0 spiro atoms. The van der Waals surface area contributed by atoms with Gasteiger partial charge in [0.25, 0.3) is 0 Å². The Bertz CT molecular complexity index is 113. The molecule has 0 aromatic heterocycles. The van der Waals surface area contributed by atoms with Crippen LogP contribution in [0.15, 0.2) is 0 Å². The highest BCUT2D eigenvalue weighted by molar-refractivity contribution is 4.26. The van der Waals surface area contributed by atoms with E-state index in [1.165, 1.54) is 0 Å². The van der Waals surface area contributed by atoms with Crippen molar-refractivity contribution in [2.24, 2.45) is 0 Å². The lowest BCUT2D eigenvalue weighted by Crippen LogP contribution is -2.05. The van der Waals surface area contributed by atoms with Gasteiger partial charge in [-0.1, -0.05) is 0 Å². The van der Waals surface area contributed by atoms with Crippen LogP contribution < -0.4 is 0 Å². The highest BCUT2D eigenvalue weighted by Gasteiger charge is 1.82. The fraction of sp³-hybridized carbons (Fsp3) is 1.00. The zero-order valence-corrected chi connectivity index (χ0v) is 13.0.